The second-order valence-corrected chi connectivity index (χ2v) is 8.41. The third-order valence-electron chi connectivity index (χ3n) is 4.47. The predicted octanol–water partition coefficient (Wildman–Crippen LogP) is 5.31. The number of aryl methyl sites for hydroxylation is 1. The number of benzene rings is 2. The van der Waals surface area contributed by atoms with E-state index in [1.54, 1.807) is 0 Å². The van der Waals surface area contributed by atoms with Gasteiger partial charge in [-0.05, 0) is 30.9 Å². The van der Waals surface area contributed by atoms with Crippen LogP contribution in [0.25, 0.3) is 22.4 Å². The highest BCUT2D eigenvalue weighted by atomic mass is 31.2. The fourth-order valence-corrected chi connectivity index (χ4v) is 3.74. The molecule has 0 bridgehead atoms. The minimum absolute atomic E-state index is 0.0390. The van der Waals surface area contributed by atoms with Crippen molar-refractivity contribution >= 4 is 7.60 Å². The van der Waals surface area contributed by atoms with Gasteiger partial charge in [-0.1, -0.05) is 73.2 Å². The van der Waals surface area contributed by atoms with E-state index in [9.17, 15) is 4.57 Å². The first-order valence-electron chi connectivity index (χ1n) is 9.18. The molecule has 0 saturated carbocycles. The molecule has 0 atom stereocenters. The largest absolute Gasteiger partial charge is 0.325 e. The van der Waals surface area contributed by atoms with Crippen LogP contribution in [0.2, 0.25) is 0 Å². The molecule has 27 heavy (non-hydrogen) atoms. The molecule has 3 aromatic rings. The molecule has 0 saturated heterocycles. The smallest absolute Gasteiger partial charge is 0.324 e. The Kier molecular flexibility index (Phi) is 6.57. The first-order valence-corrected chi connectivity index (χ1v) is 11.0. The predicted molar refractivity (Wildman–Crippen MR) is 110 cm³/mol. The van der Waals surface area contributed by atoms with Gasteiger partial charge in [-0.2, -0.15) is 0 Å². The van der Waals surface area contributed by atoms with Gasteiger partial charge in [0.15, 0.2) is 0 Å². The molecule has 0 fully saturated rings. The summed E-state index contributed by atoms with van der Waals surface area (Å²) in [4.78, 5) is 22.8. The number of aromatic nitrogens is 1. The minimum Gasteiger partial charge on any atom is -0.324 e. The van der Waals surface area contributed by atoms with Crippen LogP contribution in [0.15, 0.2) is 72.8 Å². The van der Waals surface area contributed by atoms with Gasteiger partial charge < -0.3 is 9.79 Å². The molecule has 1 heterocycles. The molecular formula is C22H24NO3P. The molecule has 2 N–H and O–H groups in total. The van der Waals surface area contributed by atoms with Crippen molar-refractivity contribution < 1.29 is 14.4 Å². The summed E-state index contributed by atoms with van der Waals surface area (Å²) in [6, 6.07) is 24.6. The number of rotatable bonds is 8. The summed E-state index contributed by atoms with van der Waals surface area (Å²) in [6.45, 7) is 0. The third-order valence-corrected chi connectivity index (χ3v) is 5.37. The summed E-state index contributed by atoms with van der Waals surface area (Å²) in [5.74, 6) is 0. The molecule has 140 valence electrons. The summed E-state index contributed by atoms with van der Waals surface area (Å²) in [5, 5.41) is 0. The maximum absolute atomic E-state index is 10.9. The molecule has 4 nitrogen and oxygen atoms in total. The lowest BCUT2D eigenvalue weighted by Gasteiger charge is -2.12. The lowest BCUT2D eigenvalue weighted by atomic mass is 9.98. The maximum atomic E-state index is 10.9. The maximum Gasteiger partial charge on any atom is 0.325 e. The second kappa shape index (κ2) is 9.09. The van der Waals surface area contributed by atoms with Crippen molar-refractivity contribution in [3.05, 3.63) is 78.5 Å². The van der Waals surface area contributed by atoms with Crippen LogP contribution in [-0.2, 0) is 11.0 Å². The fraction of sp³-hybridized carbons (Fsp3) is 0.227. The molecule has 3 rings (SSSR count). The van der Waals surface area contributed by atoms with Crippen LogP contribution in [0.5, 0.6) is 0 Å². The van der Waals surface area contributed by atoms with Gasteiger partial charge in [0.2, 0.25) is 0 Å². The van der Waals surface area contributed by atoms with E-state index in [2.05, 4.69) is 36.4 Å². The van der Waals surface area contributed by atoms with Crippen LogP contribution < -0.4 is 0 Å². The third kappa shape index (κ3) is 5.86. The standard InChI is InChI=1S/C22H24NO3P/c24-27(25,26)17-9-3-8-14-20-15-16-21(18-10-4-1-5-11-18)22(23-20)19-12-6-2-7-13-19/h1-2,4-7,10-13,15-16H,3,8-9,14,17H2,(H2,24,25,26). The molecular weight excluding hydrogens is 357 g/mol. The van der Waals surface area contributed by atoms with E-state index in [-0.39, 0.29) is 6.16 Å². The molecule has 0 radical (unpaired) electrons. The highest BCUT2D eigenvalue weighted by molar-refractivity contribution is 7.51. The van der Waals surface area contributed by atoms with Crippen molar-refractivity contribution in [2.24, 2.45) is 0 Å². The quantitative estimate of drug-likeness (QED) is 0.410. The van der Waals surface area contributed by atoms with Crippen molar-refractivity contribution in [1.82, 2.24) is 4.98 Å². The molecule has 0 spiro atoms. The van der Waals surface area contributed by atoms with Gasteiger partial charge in [-0.25, -0.2) is 0 Å². The Hall–Kier alpha value is -2.26. The molecule has 2 aromatic carbocycles. The van der Waals surface area contributed by atoms with Gasteiger partial charge >= 0.3 is 7.60 Å². The first kappa shape index (κ1) is 19.5. The highest BCUT2D eigenvalue weighted by Gasteiger charge is 2.12. The fourth-order valence-electron chi connectivity index (χ4n) is 3.11. The van der Waals surface area contributed by atoms with Crippen LogP contribution in [-0.4, -0.2) is 20.9 Å². The summed E-state index contributed by atoms with van der Waals surface area (Å²) in [5.41, 5.74) is 5.29. The molecule has 0 aliphatic rings. The lowest BCUT2D eigenvalue weighted by molar-refractivity contribution is 0.371. The second-order valence-electron chi connectivity index (χ2n) is 6.63. The van der Waals surface area contributed by atoms with Crippen molar-refractivity contribution in [2.75, 3.05) is 6.16 Å². The summed E-state index contributed by atoms with van der Waals surface area (Å²) >= 11 is 0. The molecule has 0 unspecified atom stereocenters. The number of unbranched alkanes of at least 4 members (excludes halogenated alkanes) is 2. The normalized spacial score (nSPS) is 11.5. The number of hydrogen-bond donors (Lipinski definition) is 2. The van der Waals surface area contributed by atoms with Crippen LogP contribution in [0.4, 0.5) is 0 Å². The molecule has 0 aliphatic heterocycles. The first-order chi connectivity index (χ1) is 13.0. The molecule has 0 aliphatic carbocycles. The van der Waals surface area contributed by atoms with Gasteiger partial charge in [0.25, 0.3) is 0 Å². The Morgan fingerprint density at radius 1 is 0.741 bits per heavy atom. The lowest BCUT2D eigenvalue weighted by Crippen LogP contribution is -1.97. The number of pyridine rings is 1. The van der Waals surface area contributed by atoms with Crippen LogP contribution in [0, 0.1) is 0 Å². The molecule has 1 aromatic heterocycles. The number of nitrogens with zero attached hydrogens (tertiary/aromatic N) is 1. The van der Waals surface area contributed by atoms with Crippen molar-refractivity contribution in [1.29, 1.82) is 0 Å². The Morgan fingerprint density at radius 3 is 2.00 bits per heavy atom. The average Bonchev–Trinajstić information content (AvgIpc) is 2.68. The Bertz CT molecular complexity index is 907. The van der Waals surface area contributed by atoms with E-state index >= 15 is 0 Å². The van der Waals surface area contributed by atoms with Crippen LogP contribution in [0.3, 0.4) is 0 Å². The Balaban J connectivity index is 1.78. The SMILES string of the molecule is O=P(O)(O)CCCCCc1ccc(-c2ccccc2)c(-c2ccccc2)n1. The van der Waals surface area contributed by atoms with Crippen LogP contribution in [0.1, 0.15) is 25.0 Å². The summed E-state index contributed by atoms with van der Waals surface area (Å²) < 4.78 is 10.9. The van der Waals surface area contributed by atoms with Gasteiger partial charge in [0.1, 0.15) is 0 Å². The van der Waals surface area contributed by atoms with Crippen molar-refractivity contribution in [3.63, 3.8) is 0 Å². The van der Waals surface area contributed by atoms with Crippen molar-refractivity contribution in [2.45, 2.75) is 25.7 Å². The Labute approximate surface area is 160 Å². The van der Waals surface area contributed by atoms with Gasteiger partial charge in [-0.15, -0.1) is 0 Å². The number of hydrogen-bond acceptors (Lipinski definition) is 2. The molecule has 0 amide bonds. The van der Waals surface area contributed by atoms with Crippen LogP contribution >= 0.6 is 7.60 Å². The molecule has 5 heteroatoms. The van der Waals surface area contributed by atoms with E-state index < -0.39 is 7.60 Å². The Morgan fingerprint density at radius 2 is 1.37 bits per heavy atom. The van der Waals surface area contributed by atoms with E-state index in [4.69, 9.17) is 14.8 Å². The van der Waals surface area contributed by atoms with Gasteiger partial charge in [0, 0.05) is 23.0 Å². The minimum atomic E-state index is -3.88. The van der Waals surface area contributed by atoms with E-state index in [0.717, 1.165) is 47.3 Å². The highest BCUT2D eigenvalue weighted by Crippen LogP contribution is 2.35. The van der Waals surface area contributed by atoms with Gasteiger partial charge in [0.05, 0.1) is 5.69 Å². The van der Waals surface area contributed by atoms with E-state index in [1.165, 1.54) is 0 Å². The monoisotopic (exact) mass is 381 g/mol. The zero-order chi connectivity index (χ0) is 19.1. The van der Waals surface area contributed by atoms with Crippen molar-refractivity contribution in [3.8, 4) is 22.4 Å². The summed E-state index contributed by atoms with van der Waals surface area (Å²) in [6.07, 6.45) is 2.95. The van der Waals surface area contributed by atoms with E-state index in [0.29, 0.717) is 6.42 Å². The zero-order valence-electron chi connectivity index (χ0n) is 15.2. The summed E-state index contributed by atoms with van der Waals surface area (Å²) in [7, 11) is -3.88. The topological polar surface area (TPSA) is 70.4 Å². The van der Waals surface area contributed by atoms with Gasteiger partial charge in [-0.3, -0.25) is 9.55 Å². The zero-order valence-corrected chi connectivity index (χ0v) is 16.1. The average molecular weight is 381 g/mol. The van der Waals surface area contributed by atoms with E-state index in [1.807, 2.05) is 36.4 Å².